The predicted molar refractivity (Wildman–Crippen MR) is 218 cm³/mol. The molecule has 17 nitrogen and oxygen atoms in total. The maximum absolute atomic E-state index is 15.7. The van der Waals surface area contributed by atoms with Gasteiger partial charge in [-0.1, -0.05) is 0 Å². The largest absolute Gasteiger partial charge is 0.373 e. The smallest absolute Gasteiger partial charge is 0.320 e. The van der Waals surface area contributed by atoms with Crippen molar-refractivity contribution in [3.63, 3.8) is 0 Å². The number of benzene rings is 2. The van der Waals surface area contributed by atoms with Crippen molar-refractivity contribution in [2.75, 3.05) is 104 Å². The molecule has 3 atom stereocenters. The van der Waals surface area contributed by atoms with Gasteiger partial charge < -0.3 is 40.9 Å². The number of primary amides is 1. The molecule has 0 saturated carbocycles. The van der Waals surface area contributed by atoms with Crippen LogP contribution in [0.2, 0.25) is 0 Å². The van der Waals surface area contributed by atoms with Crippen molar-refractivity contribution in [1.82, 2.24) is 35.2 Å². The van der Waals surface area contributed by atoms with Crippen molar-refractivity contribution < 1.29 is 23.6 Å². The second-order valence-corrected chi connectivity index (χ2v) is 16.1. The number of carbonyl (C=O) groups is 4. The summed E-state index contributed by atoms with van der Waals surface area (Å²) in [6, 6.07) is 10.8. The van der Waals surface area contributed by atoms with Crippen LogP contribution < -0.4 is 36.4 Å². The Morgan fingerprint density at radius 1 is 0.914 bits per heavy atom. The van der Waals surface area contributed by atoms with Gasteiger partial charge in [0.25, 0.3) is 5.91 Å². The Morgan fingerprint density at radius 3 is 2.47 bits per heavy atom. The lowest BCUT2D eigenvalue weighted by Crippen LogP contribution is -2.49. The fourth-order valence-corrected chi connectivity index (χ4v) is 8.86. The minimum absolute atomic E-state index is 0.0113. The van der Waals surface area contributed by atoms with E-state index in [1.54, 1.807) is 24.1 Å². The predicted octanol–water partition coefficient (Wildman–Crippen LogP) is 2.36. The zero-order valence-corrected chi connectivity index (χ0v) is 33.1. The van der Waals surface area contributed by atoms with E-state index in [2.05, 4.69) is 58.0 Å². The zero-order chi connectivity index (χ0) is 40.5. The molecule has 5 aliphatic heterocycles. The topological polar surface area (TPSA) is 188 Å². The van der Waals surface area contributed by atoms with E-state index in [0.29, 0.717) is 75.4 Å². The highest BCUT2D eigenvalue weighted by atomic mass is 19.1. The minimum atomic E-state index is -0.804. The quantitative estimate of drug-likeness (QED) is 0.207. The van der Waals surface area contributed by atoms with Crippen LogP contribution in [0.25, 0.3) is 0 Å². The number of aromatic nitrogens is 3. The van der Waals surface area contributed by atoms with Crippen LogP contribution in [0.5, 0.6) is 0 Å². The lowest BCUT2D eigenvalue weighted by atomic mass is 10.0. The van der Waals surface area contributed by atoms with Gasteiger partial charge in [-0.05, 0) is 80.5 Å². The van der Waals surface area contributed by atoms with E-state index in [9.17, 15) is 19.2 Å². The van der Waals surface area contributed by atoms with E-state index >= 15 is 4.39 Å². The van der Waals surface area contributed by atoms with Crippen molar-refractivity contribution in [2.24, 2.45) is 11.7 Å². The van der Waals surface area contributed by atoms with Gasteiger partial charge in [0.15, 0.2) is 11.5 Å². The minimum Gasteiger partial charge on any atom is -0.373 e. The Bertz CT molecular complexity index is 2060. The summed E-state index contributed by atoms with van der Waals surface area (Å²) < 4.78 is 15.7. The molecule has 0 bridgehead atoms. The van der Waals surface area contributed by atoms with Crippen LogP contribution in [0.4, 0.5) is 43.7 Å². The number of amides is 5. The first-order valence-electron chi connectivity index (χ1n) is 20.3. The third-order valence-electron chi connectivity index (χ3n) is 12.1. The van der Waals surface area contributed by atoms with E-state index < -0.39 is 11.9 Å². The normalized spacial score (nSPS) is 23.1. The number of hydrogen-bond acceptors (Lipinski definition) is 13. The van der Waals surface area contributed by atoms with Crippen LogP contribution >= 0.6 is 0 Å². The molecule has 5 amide bonds. The number of likely N-dealkylation sites (N-methyl/N-ethyl adjacent to an activating group) is 1. The van der Waals surface area contributed by atoms with Crippen LogP contribution in [0.15, 0.2) is 36.4 Å². The fraction of sp³-hybridized carbons (Fsp3) is 0.525. The molecule has 0 radical (unpaired) electrons. The summed E-state index contributed by atoms with van der Waals surface area (Å²) in [6.45, 7) is 10.6. The summed E-state index contributed by atoms with van der Waals surface area (Å²) in [5.41, 5.74) is 9.52. The maximum Gasteiger partial charge on any atom is 0.320 e. The van der Waals surface area contributed by atoms with Gasteiger partial charge in [-0.25, -0.2) is 9.18 Å². The Balaban J connectivity index is 0.836. The molecule has 308 valence electrons. The van der Waals surface area contributed by atoms with Crippen LogP contribution in [-0.2, 0) is 9.59 Å². The Morgan fingerprint density at radius 2 is 1.74 bits per heavy atom. The van der Waals surface area contributed by atoms with Crippen LogP contribution in [0.1, 0.15) is 48.2 Å². The number of piperazine rings is 1. The van der Waals surface area contributed by atoms with Gasteiger partial charge in [0, 0.05) is 103 Å². The van der Waals surface area contributed by atoms with Crippen LogP contribution in [0, 0.1) is 18.7 Å². The number of nitrogens with two attached hydrogens (primary N) is 1. The first kappa shape index (κ1) is 39.1. The molecule has 5 aliphatic rings. The van der Waals surface area contributed by atoms with Gasteiger partial charge >= 0.3 is 6.03 Å². The van der Waals surface area contributed by atoms with E-state index in [1.165, 1.54) is 6.07 Å². The summed E-state index contributed by atoms with van der Waals surface area (Å²) in [5, 5.41) is 17.1. The molecule has 8 rings (SSSR count). The molecular formula is C40H52FN13O4. The number of piperidine rings is 2. The molecule has 5 N–H and O–H groups in total. The molecule has 18 heteroatoms. The Hall–Kier alpha value is -5.78. The highest BCUT2D eigenvalue weighted by Crippen LogP contribution is 2.31. The lowest BCUT2D eigenvalue weighted by molar-refractivity contribution is -0.133. The Labute approximate surface area is 337 Å². The molecule has 1 aromatic heterocycles. The van der Waals surface area contributed by atoms with Crippen molar-refractivity contribution in [1.29, 1.82) is 0 Å². The number of nitrogens with zero attached hydrogens (tertiary/aromatic N) is 9. The number of halogens is 1. The van der Waals surface area contributed by atoms with E-state index in [0.717, 1.165) is 68.9 Å². The molecule has 6 heterocycles. The van der Waals surface area contributed by atoms with Gasteiger partial charge in [-0.3, -0.25) is 24.6 Å². The van der Waals surface area contributed by atoms with Gasteiger partial charge in [0.05, 0.1) is 11.7 Å². The molecule has 2 unspecified atom stereocenters. The number of anilines is 6. The lowest BCUT2D eigenvalue weighted by Gasteiger charge is -2.37. The van der Waals surface area contributed by atoms with Crippen LogP contribution in [-0.4, -0.2) is 145 Å². The zero-order valence-electron chi connectivity index (χ0n) is 33.1. The molecule has 5 saturated heterocycles. The monoisotopic (exact) mass is 797 g/mol. The first-order valence-corrected chi connectivity index (χ1v) is 20.3. The first-order chi connectivity index (χ1) is 28.0. The van der Waals surface area contributed by atoms with Crippen LogP contribution in [0.3, 0.4) is 0 Å². The number of urea groups is 1. The average Bonchev–Trinajstić information content (AvgIpc) is 3.82. The average molecular weight is 798 g/mol. The number of hydrogen-bond donors (Lipinski definition) is 4. The molecule has 2 aromatic carbocycles. The summed E-state index contributed by atoms with van der Waals surface area (Å²) in [7, 11) is 1.80. The number of nitrogens with one attached hydrogen (secondary N) is 3. The molecule has 0 spiro atoms. The van der Waals surface area contributed by atoms with Gasteiger partial charge in [0.1, 0.15) is 11.9 Å². The highest BCUT2D eigenvalue weighted by Gasteiger charge is 2.35. The van der Waals surface area contributed by atoms with Crippen molar-refractivity contribution >= 4 is 58.3 Å². The van der Waals surface area contributed by atoms with Gasteiger partial charge in [-0.2, -0.15) is 4.98 Å². The third-order valence-corrected chi connectivity index (χ3v) is 12.1. The number of imide groups is 1. The summed E-state index contributed by atoms with van der Waals surface area (Å²) in [4.78, 5) is 65.8. The molecule has 3 aromatic rings. The second-order valence-electron chi connectivity index (χ2n) is 16.1. The number of rotatable bonds is 11. The summed E-state index contributed by atoms with van der Waals surface area (Å²) in [6.07, 6.45) is 3.63. The van der Waals surface area contributed by atoms with E-state index in [4.69, 9.17) is 5.73 Å². The van der Waals surface area contributed by atoms with E-state index in [1.807, 2.05) is 22.8 Å². The molecule has 0 aliphatic carbocycles. The number of aryl methyl sites for hydroxylation is 1. The highest BCUT2D eigenvalue weighted by molar-refractivity contribution is 6.01. The molecule has 58 heavy (non-hydrogen) atoms. The fourth-order valence-electron chi connectivity index (χ4n) is 8.86. The van der Waals surface area contributed by atoms with Crippen molar-refractivity contribution in [2.45, 2.75) is 51.1 Å². The van der Waals surface area contributed by atoms with E-state index in [-0.39, 0.29) is 41.2 Å². The molecular weight excluding hydrogens is 746 g/mol. The Kier molecular flexibility index (Phi) is 11.2. The second kappa shape index (κ2) is 16.6. The maximum atomic E-state index is 15.7. The molecule has 5 fully saturated rings. The van der Waals surface area contributed by atoms with Crippen molar-refractivity contribution in [3.8, 4) is 0 Å². The summed E-state index contributed by atoms with van der Waals surface area (Å²) in [5.74, 6) is -0.771. The van der Waals surface area contributed by atoms with Gasteiger partial charge in [-0.15, -0.1) is 10.2 Å². The standard InChI is InChI=1S/C40H52FN13O4/c1-25-20-28(6-7-31(25)44-32-8-10-34(55)45-38(32)57)52-13-11-26(23-52)22-50-15-17-51(18-16-50)33-9-5-27(21-30(33)41)43-37-35(36(42)56)47-48-39(46-37)53-12-3-4-29(24-53)54-19-14-49(2)40(54)58/h5-7,9,20-21,26,29,32,44H,3-4,8,10-19,22-24H2,1-2H3,(H2,42,56)(H,43,46,48)(H,45,55,57)/t26?,29-,32?/m1/s1. The van der Waals surface area contributed by atoms with Gasteiger partial charge in [0.2, 0.25) is 17.8 Å². The summed E-state index contributed by atoms with van der Waals surface area (Å²) >= 11 is 0. The number of carbonyl (C=O) groups excluding carboxylic acids is 4. The SMILES string of the molecule is Cc1cc(N2CCC(CN3CCN(c4ccc(Nc5nc(N6CCC[C@@H](N7CCN(C)C7=O)C6)nnc5C(N)=O)cc4F)CC3)C2)ccc1NC1CCC(=O)NC1=O. The van der Waals surface area contributed by atoms with Crippen molar-refractivity contribution in [3.05, 3.63) is 53.5 Å². The third kappa shape index (κ3) is 8.42.